The van der Waals surface area contributed by atoms with Crippen molar-refractivity contribution >= 4 is 49.7 Å². The molecule has 23 heavy (non-hydrogen) atoms. The van der Waals surface area contributed by atoms with Gasteiger partial charge in [0.25, 0.3) is 0 Å². The van der Waals surface area contributed by atoms with Gasteiger partial charge in [0.1, 0.15) is 12.1 Å². The van der Waals surface area contributed by atoms with Gasteiger partial charge < -0.3 is 30.8 Å². The Kier molecular flexibility index (Phi) is 28.5. The summed E-state index contributed by atoms with van der Waals surface area (Å²) in [4.78, 5) is 40.0. The number of hydrogen-bond donors (Lipinski definition) is 0. The third-order valence-electron chi connectivity index (χ3n) is 3.08. The molecule has 0 aromatic heterocycles. The van der Waals surface area contributed by atoms with E-state index in [1.54, 1.807) is 27.7 Å². The molecule has 0 rings (SSSR count). The molecular formula is C12H24CaN2O8. The van der Waals surface area contributed by atoms with Crippen molar-refractivity contribution < 1.29 is 30.8 Å². The number of carboxylic acids is 2. The van der Waals surface area contributed by atoms with Crippen molar-refractivity contribution in [2.45, 2.75) is 52.6 Å². The Balaban J connectivity index is -0.0000000831. The van der Waals surface area contributed by atoms with Gasteiger partial charge in [0, 0.05) is 0 Å². The minimum absolute atomic E-state index is 0. The maximum atomic E-state index is 10.1. The fraction of sp³-hybridized carbons (Fsp3) is 0.833. The van der Waals surface area contributed by atoms with Gasteiger partial charge in [-0.05, 0) is 11.8 Å². The average molecular weight is 364 g/mol. The van der Waals surface area contributed by atoms with E-state index in [4.69, 9.17) is 0 Å². The first-order valence-electron chi connectivity index (χ1n) is 6.33. The monoisotopic (exact) mass is 364 g/mol. The van der Waals surface area contributed by atoms with Gasteiger partial charge >= 0.3 is 37.7 Å². The largest absolute Gasteiger partial charge is 2.00 e. The van der Waals surface area contributed by atoms with Crippen LogP contribution in [0.25, 0.3) is 0 Å². The van der Waals surface area contributed by atoms with Gasteiger partial charge in [-0.25, -0.2) is 0 Å². The minimum Gasteiger partial charge on any atom is -0.548 e. The molecule has 0 fully saturated rings. The molecular weight excluding hydrogens is 340 g/mol. The average Bonchev–Trinajstić information content (AvgIpc) is 2.39. The fourth-order valence-corrected chi connectivity index (χ4v) is 1.20. The van der Waals surface area contributed by atoms with E-state index in [1.807, 2.05) is 0 Å². The quantitative estimate of drug-likeness (QED) is 0.345. The van der Waals surface area contributed by atoms with Gasteiger partial charge in [-0.3, -0.25) is 0 Å². The number of aliphatic carboxylic acids is 2. The zero-order valence-electron chi connectivity index (χ0n) is 13.8. The van der Waals surface area contributed by atoms with Crippen molar-refractivity contribution in [1.29, 1.82) is 0 Å². The van der Waals surface area contributed by atoms with E-state index in [0.717, 1.165) is 0 Å². The van der Waals surface area contributed by atoms with E-state index < -0.39 is 24.0 Å². The van der Waals surface area contributed by atoms with E-state index in [2.05, 4.69) is 10.4 Å². The maximum absolute atomic E-state index is 10.1. The number of nitroso groups, excluding NO2 is 2. The van der Waals surface area contributed by atoms with Gasteiger partial charge in [-0.1, -0.05) is 50.9 Å². The first kappa shape index (κ1) is 33.8. The van der Waals surface area contributed by atoms with E-state index in [1.165, 1.54) is 0 Å². The van der Waals surface area contributed by atoms with Crippen LogP contribution in [0, 0.1) is 21.6 Å². The van der Waals surface area contributed by atoms with Crippen LogP contribution in [-0.4, -0.2) is 72.7 Å². The Labute approximate surface area is 164 Å². The molecule has 4 atom stereocenters. The maximum Gasteiger partial charge on any atom is 2.00 e. The standard InChI is InChI=1S/2C6H11NO3.Ca.2H2O/c2*1-3-4(2)5(7-10)6(8)9;;;/h2*4-5H,3H2,1-2H3,(H,8,9);;2*1H2/q;;+2;;/p-2/t2*4-,5-;;;/m00.../s1. The summed E-state index contributed by atoms with van der Waals surface area (Å²) in [5.41, 5.74) is 0. The second-order valence-electron chi connectivity index (χ2n) is 4.51. The predicted octanol–water partition coefficient (Wildman–Crippen LogP) is -2.20. The van der Waals surface area contributed by atoms with Gasteiger partial charge in [0.15, 0.2) is 0 Å². The van der Waals surface area contributed by atoms with E-state index in [-0.39, 0.29) is 60.5 Å². The second kappa shape index (κ2) is 19.4. The smallest absolute Gasteiger partial charge is 0.548 e. The summed E-state index contributed by atoms with van der Waals surface area (Å²) in [7, 11) is 0. The molecule has 11 heteroatoms. The molecule has 0 saturated carbocycles. The molecule has 10 nitrogen and oxygen atoms in total. The number of carboxylic acid groups (broad SMARTS) is 2. The number of carbonyl (C=O) groups excluding carboxylic acids is 2. The van der Waals surface area contributed by atoms with Crippen molar-refractivity contribution in [3.63, 3.8) is 0 Å². The number of rotatable bonds is 8. The Morgan fingerprint density at radius 2 is 1.04 bits per heavy atom. The van der Waals surface area contributed by atoms with Crippen molar-refractivity contribution in [2.24, 2.45) is 22.2 Å². The van der Waals surface area contributed by atoms with Crippen LogP contribution in [0.15, 0.2) is 10.4 Å². The normalized spacial score (nSPS) is 13.7. The van der Waals surface area contributed by atoms with E-state index in [9.17, 15) is 29.6 Å². The van der Waals surface area contributed by atoms with Crippen LogP contribution in [-0.2, 0) is 9.59 Å². The Bertz CT molecular complexity index is 311. The van der Waals surface area contributed by atoms with Crippen molar-refractivity contribution in [2.75, 3.05) is 0 Å². The van der Waals surface area contributed by atoms with Crippen LogP contribution in [0.2, 0.25) is 0 Å². The minimum atomic E-state index is -1.38. The topological polar surface area (TPSA) is 202 Å². The Morgan fingerprint density at radius 3 is 1.09 bits per heavy atom. The molecule has 0 aromatic carbocycles. The number of nitrogens with zero attached hydrogens (tertiary/aromatic N) is 2. The van der Waals surface area contributed by atoms with Crippen molar-refractivity contribution in [3.05, 3.63) is 9.81 Å². The Hall–Kier alpha value is -0.680. The number of hydrogen-bond acceptors (Lipinski definition) is 8. The zero-order chi connectivity index (χ0) is 16.3. The molecule has 0 aliphatic heterocycles. The van der Waals surface area contributed by atoms with Crippen LogP contribution in [0.5, 0.6) is 0 Å². The summed E-state index contributed by atoms with van der Waals surface area (Å²) in [6.07, 6.45) is 1.23. The first-order valence-corrected chi connectivity index (χ1v) is 6.33. The third kappa shape index (κ3) is 14.6. The van der Waals surface area contributed by atoms with Crippen LogP contribution in [0.4, 0.5) is 0 Å². The summed E-state index contributed by atoms with van der Waals surface area (Å²) in [5, 5.41) is 25.1. The van der Waals surface area contributed by atoms with Crippen molar-refractivity contribution in [1.82, 2.24) is 0 Å². The molecule has 0 bridgehead atoms. The predicted molar refractivity (Wildman–Crippen MR) is 81.1 cm³/mol. The SMILES string of the molecule is CC[C@H](C)[C@H](N=O)C(=O)[O-].CC[C@H](C)[C@H](N=O)C(=O)[O-].O.O.[Ca+2]. The molecule has 0 saturated heterocycles. The van der Waals surface area contributed by atoms with Crippen molar-refractivity contribution in [3.8, 4) is 0 Å². The van der Waals surface area contributed by atoms with Gasteiger partial charge in [-0.15, -0.1) is 0 Å². The van der Waals surface area contributed by atoms with Crippen LogP contribution < -0.4 is 10.2 Å². The third-order valence-corrected chi connectivity index (χ3v) is 3.08. The van der Waals surface area contributed by atoms with Crippen LogP contribution >= 0.6 is 0 Å². The van der Waals surface area contributed by atoms with Crippen LogP contribution in [0.1, 0.15) is 40.5 Å². The number of carbonyl (C=O) groups is 2. The summed E-state index contributed by atoms with van der Waals surface area (Å²) in [6.45, 7) is 6.90. The molecule has 0 unspecified atom stereocenters. The summed E-state index contributed by atoms with van der Waals surface area (Å²) in [6, 6.07) is -2.38. The summed E-state index contributed by atoms with van der Waals surface area (Å²) in [5.74, 6) is -3.24. The summed E-state index contributed by atoms with van der Waals surface area (Å²) >= 11 is 0. The molecule has 132 valence electrons. The van der Waals surface area contributed by atoms with Crippen LogP contribution in [0.3, 0.4) is 0 Å². The van der Waals surface area contributed by atoms with E-state index in [0.29, 0.717) is 12.8 Å². The van der Waals surface area contributed by atoms with Gasteiger partial charge in [-0.2, -0.15) is 9.81 Å². The van der Waals surface area contributed by atoms with Gasteiger partial charge in [0.05, 0.1) is 11.9 Å². The molecule has 0 heterocycles. The first-order chi connectivity index (χ1) is 9.26. The molecule has 0 spiro atoms. The molecule has 0 aliphatic carbocycles. The molecule has 0 aromatic rings. The summed E-state index contributed by atoms with van der Waals surface area (Å²) < 4.78 is 0. The molecule has 0 radical (unpaired) electrons. The molecule has 4 N–H and O–H groups in total. The molecule has 0 aliphatic rings. The second-order valence-corrected chi connectivity index (χ2v) is 4.51. The fourth-order valence-electron chi connectivity index (χ4n) is 1.20. The van der Waals surface area contributed by atoms with Gasteiger partial charge in [0.2, 0.25) is 0 Å². The van der Waals surface area contributed by atoms with E-state index >= 15 is 0 Å². The molecule has 0 amide bonds. The zero-order valence-corrected chi connectivity index (χ0v) is 16.0. The Morgan fingerprint density at radius 1 is 0.826 bits per heavy atom.